The van der Waals surface area contributed by atoms with Gasteiger partial charge >= 0.3 is 0 Å². The fourth-order valence-electron chi connectivity index (χ4n) is 4.95. The zero-order valence-electron chi connectivity index (χ0n) is 22.3. The Kier molecular flexibility index (Phi) is 8.33. The summed E-state index contributed by atoms with van der Waals surface area (Å²) < 4.78 is 11.9. The lowest BCUT2D eigenvalue weighted by Crippen LogP contribution is -2.25. The minimum absolute atomic E-state index is 0.0179. The highest BCUT2D eigenvalue weighted by Crippen LogP contribution is 2.36. The number of halogens is 1. The van der Waals surface area contributed by atoms with E-state index in [1.807, 2.05) is 92.7 Å². The molecule has 4 aromatic carbocycles. The fourth-order valence-corrected chi connectivity index (χ4v) is 5.06. The molecule has 1 aliphatic rings. The molecule has 0 saturated carbocycles. The van der Waals surface area contributed by atoms with Gasteiger partial charge in [-0.15, -0.1) is 0 Å². The van der Waals surface area contributed by atoms with Crippen molar-refractivity contribution in [2.24, 2.45) is 0 Å². The third kappa shape index (κ3) is 6.52. The highest BCUT2D eigenvalue weighted by molar-refractivity contribution is 6.32. The number of fused-ring (bicyclic) bond motifs is 1. The number of amides is 1. The van der Waals surface area contributed by atoms with E-state index < -0.39 is 0 Å². The van der Waals surface area contributed by atoms with Gasteiger partial charge in [-0.1, -0.05) is 66.2 Å². The average molecular weight is 538 g/mol. The molecule has 1 aliphatic carbocycles. The van der Waals surface area contributed by atoms with Gasteiger partial charge in [0.1, 0.15) is 17.2 Å². The third-order valence-corrected chi connectivity index (χ3v) is 7.55. The van der Waals surface area contributed by atoms with E-state index in [0.29, 0.717) is 19.6 Å². The van der Waals surface area contributed by atoms with Gasteiger partial charge in [-0.2, -0.15) is 0 Å². The maximum absolute atomic E-state index is 13.3. The van der Waals surface area contributed by atoms with Crippen molar-refractivity contribution in [2.45, 2.75) is 39.7 Å². The first-order valence-corrected chi connectivity index (χ1v) is 13.7. The van der Waals surface area contributed by atoms with E-state index in [9.17, 15) is 4.79 Å². The SMILES string of the molecule is Cc1cc(OCCCC2=C(C(=O)NCc3ccc(Oc4ccccc4)cc3)Cc3ccccc32)cc(C)c1Cl. The van der Waals surface area contributed by atoms with Gasteiger partial charge in [0, 0.05) is 23.6 Å². The van der Waals surface area contributed by atoms with E-state index in [-0.39, 0.29) is 5.91 Å². The monoisotopic (exact) mass is 537 g/mol. The van der Waals surface area contributed by atoms with E-state index in [0.717, 1.165) is 62.9 Å². The van der Waals surface area contributed by atoms with Gasteiger partial charge in [0.15, 0.2) is 0 Å². The largest absolute Gasteiger partial charge is 0.494 e. The van der Waals surface area contributed by atoms with Crippen molar-refractivity contribution in [1.29, 1.82) is 0 Å². The van der Waals surface area contributed by atoms with Gasteiger partial charge < -0.3 is 14.8 Å². The number of benzene rings is 4. The summed E-state index contributed by atoms with van der Waals surface area (Å²) in [6, 6.07) is 29.7. The topological polar surface area (TPSA) is 47.6 Å². The first kappa shape index (κ1) is 26.6. The Morgan fingerprint density at radius 3 is 2.26 bits per heavy atom. The Bertz CT molecular complexity index is 1470. The second kappa shape index (κ2) is 12.2. The number of para-hydroxylation sites is 1. The lowest BCUT2D eigenvalue weighted by molar-refractivity contribution is -0.117. The highest BCUT2D eigenvalue weighted by Gasteiger charge is 2.25. The minimum atomic E-state index is -0.0179. The highest BCUT2D eigenvalue weighted by atomic mass is 35.5. The van der Waals surface area contributed by atoms with Crippen LogP contribution < -0.4 is 14.8 Å². The van der Waals surface area contributed by atoms with Crippen LogP contribution in [-0.4, -0.2) is 12.5 Å². The van der Waals surface area contributed by atoms with Crippen molar-refractivity contribution in [3.8, 4) is 17.2 Å². The number of ether oxygens (including phenoxy) is 2. The van der Waals surface area contributed by atoms with Crippen LogP contribution in [0.4, 0.5) is 0 Å². The number of allylic oxidation sites excluding steroid dienone is 1. The molecule has 4 aromatic rings. The molecule has 0 aromatic heterocycles. The summed E-state index contributed by atoms with van der Waals surface area (Å²) in [5.41, 5.74) is 7.37. The van der Waals surface area contributed by atoms with E-state index in [2.05, 4.69) is 17.4 Å². The standard InChI is InChI=1S/C34H32ClNO3/c1-23-19-29(20-24(2)33(23)35)38-18-8-13-31-30-12-7-6-9-26(30)21-32(31)34(37)36-22-25-14-16-28(17-15-25)39-27-10-4-3-5-11-27/h3-7,9-12,14-17,19-20H,8,13,18,21-22H2,1-2H3,(H,36,37). The maximum atomic E-state index is 13.3. The summed E-state index contributed by atoms with van der Waals surface area (Å²) in [6.45, 7) is 4.99. The quantitative estimate of drug-likeness (QED) is 0.207. The summed E-state index contributed by atoms with van der Waals surface area (Å²) in [7, 11) is 0. The normalized spacial score (nSPS) is 12.3. The van der Waals surface area contributed by atoms with Crippen LogP contribution in [0.2, 0.25) is 5.02 Å². The molecule has 198 valence electrons. The molecular formula is C34H32ClNO3. The predicted octanol–water partition coefficient (Wildman–Crippen LogP) is 8.23. The Morgan fingerprint density at radius 2 is 1.51 bits per heavy atom. The van der Waals surface area contributed by atoms with Crippen LogP contribution in [0.25, 0.3) is 5.57 Å². The van der Waals surface area contributed by atoms with Gasteiger partial charge in [0.25, 0.3) is 0 Å². The van der Waals surface area contributed by atoms with E-state index in [4.69, 9.17) is 21.1 Å². The molecular weight excluding hydrogens is 506 g/mol. The predicted molar refractivity (Wildman–Crippen MR) is 158 cm³/mol. The number of hydrogen-bond acceptors (Lipinski definition) is 3. The van der Waals surface area contributed by atoms with E-state index >= 15 is 0 Å². The summed E-state index contributed by atoms with van der Waals surface area (Å²) in [5, 5.41) is 3.91. The zero-order valence-corrected chi connectivity index (χ0v) is 23.1. The number of carbonyl (C=O) groups excluding carboxylic acids is 1. The van der Waals surface area contributed by atoms with Crippen LogP contribution in [-0.2, 0) is 17.8 Å². The van der Waals surface area contributed by atoms with E-state index in [1.165, 1.54) is 11.1 Å². The molecule has 5 heteroatoms. The first-order chi connectivity index (χ1) is 19.0. The first-order valence-electron chi connectivity index (χ1n) is 13.3. The van der Waals surface area contributed by atoms with Gasteiger partial charge in [-0.25, -0.2) is 0 Å². The molecule has 0 spiro atoms. The summed E-state index contributed by atoms with van der Waals surface area (Å²) >= 11 is 6.29. The van der Waals surface area contributed by atoms with Gasteiger partial charge in [-0.3, -0.25) is 4.79 Å². The third-order valence-electron chi connectivity index (χ3n) is 6.95. The van der Waals surface area contributed by atoms with Crippen LogP contribution in [0.5, 0.6) is 17.2 Å². The summed E-state index contributed by atoms with van der Waals surface area (Å²) in [6.07, 6.45) is 2.23. The smallest absolute Gasteiger partial charge is 0.248 e. The zero-order chi connectivity index (χ0) is 27.2. The van der Waals surface area contributed by atoms with Crippen LogP contribution >= 0.6 is 11.6 Å². The molecule has 0 radical (unpaired) electrons. The summed E-state index contributed by atoms with van der Waals surface area (Å²) in [5.74, 6) is 2.37. The average Bonchev–Trinajstić information content (AvgIpc) is 3.32. The van der Waals surface area contributed by atoms with Gasteiger partial charge in [0.05, 0.1) is 6.61 Å². The molecule has 0 atom stereocenters. The molecule has 0 saturated heterocycles. The minimum Gasteiger partial charge on any atom is -0.494 e. The molecule has 39 heavy (non-hydrogen) atoms. The van der Waals surface area contributed by atoms with Crippen LogP contribution in [0.15, 0.2) is 96.6 Å². The molecule has 5 rings (SSSR count). The Balaban J connectivity index is 1.20. The van der Waals surface area contributed by atoms with Crippen molar-refractivity contribution >= 4 is 23.1 Å². The Hall–Kier alpha value is -4.02. The number of nitrogens with one attached hydrogen (secondary N) is 1. The van der Waals surface area contributed by atoms with E-state index in [1.54, 1.807) is 0 Å². The van der Waals surface area contributed by atoms with Crippen LogP contribution in [0.1, 0.15) is 40.7 Å². The lowest BCUT2D eigenvalue weighted by atomic mass is 10.0. The molecule has 0 fully saturated rings. The Labute approximate surface area is 235 Å². The lowest BCUT2D eigenvalue weighted by Gasteiger charge is -2.12. The molecule has 1 N–H and O–H groups in total. The fraction of sp³-hybridized carbons (Fsp3) is 0.206. The van der Waals surface area contributed by atoms with Crippen molar-refractivity contribution in [3.63, 3.8) is 0 Å². The van der Waals surface area contributed by atoms with Crippen LogP contribution in [0, 0.1) is 13.8 Å². The molecule has 0 heterocycles. The van der Waals surface area contributed by atoms with Crippen molar-refractivity contribution in [3.05, 3.63) is 129 Å². The molecule has 0 unspecified atom stereocenters. The number of carbonyl (C=O) groups is 1. The summed E-state index contributed by atoms with van der Waals surface area (Å²) in [4.78, 5) is 13.3. The van der Waals surface area contributed by atoms with Crippen molar-refractivity contribution in [1.82, 2.24) is 5.32 Å². The van der Waals surface area contributed by atoms with Crippen LogP contribution in [0.3, 0.4) is 0 Å². The van der Waals surface area contributed by atoms with Gasteiger partial charge in [-0.05, 0) is 96.5 Å². The maximum Gasteiger partial charge on any atom is 0.248 e. The number of rotatable bonds is 10. The molecule has 0 bridgehead atoms. The van der Waals surface area contributed by atoms with Crippen molar-refractivity contribution < 1.29 is 14.3 Å². The second-order valence-corrected chi connectivity index (χ2v) is 10.2. The van der Waals surface area contributed by atoms with Gasteiger partial charge in [0.2, 0.25) is 5.91 Å². The number of aryl methyl sites for hydroxylation is 2. The Morgan fingerprint density at radius 1 is 0.846 bits per heavy atom. The molecule has 4 nitrogen and oxygen atoms in total. The number of hydrogen-bond donors (Lipinski definition) is 1. The molecule has 1 amide bonds. The second-order valence-electron chi connectivity index (χ2n) is 9.86. The van der Waals surface area contributed by atoms with Crippen molar-refractivity contribution in [2.75, 3.05) is 6.61 Å². The molecule has 0 aliphatic heterocycles.